The van der Waals surface area contributed by atoms with Gasteiger partial charge in [0.2, 0.25) is 0 Å². The minimum absolute atomic E-state index is 0.241. The van der Waals surface area contributed by atoms with E-state index >= 15 is 0 Å². The SMILES string of the molecule is Cc1ccccc1N1CCCN(C(=O)Nc2ccc(F)c(C(N)=O)c2)CC1. The highest BCUT2D eigenvalue weighted by atomic mass is 19.1. The molecule has 0 bridgehead atoms. The number of para-hydroxylation sites is 1. The Morgan fingerprint density at radius 3 is 2.59 bits per heavy atom. The van der Waals surface area contributed by atoms with Gasteiger partial charge in [0.25, 0.3) is 5.91 Å². The number of halogens is 1. The molecule has 27 heavy (non-hydrogen) atoms. The second-order valence-corrected chi connectivity index (χ2v) is 6.60. The van der Waals surface area contributed by atoms with Gasteiger partial charge in [-0.3, -0.25) is 4.79 Å². The summed E-state index contributed by atoms with van der Waals surface area (Å²) in [6.45, 7) is 4.88. The number of nitrogens with one attached hydrogen (secondary N) is 1. The number of nitrogens with two attached hydrogens (primary N) is 1. The Bertz CT molecular complexity index is 856. The molecule has 0 aromatic heterocycles. The molecule has 0 aliphatic carbocycles. The van der Waals surface area contributed by atoms with Crippen LogP contribution in [0.1, 0.15) is 22.3 Å². The molecule has 1 heterocycles. The van der Waals surface area contributed by atoms with E-state index in [-0.39, 0.29) is 11.6 Å². The van der Waals surface area contributed by atoms with Crippen molar-refractivity contribution in [1.82, 2.24) is 4.90 Å². The summed E-state index contributed by atoms with van der Waals surface area (Å²) in [5, 5.41) is 2.72. The molecule has 6 nitrogen and oxygen atoms in total. The summed E-state index contributed by atoms with van der Waals surface area (Å²) in [5.74, 6) is -1.57. The third kappa shape index (κ3) is 4.36. The highest BCUT2D eigenvalue weighted by Gasteiger charge is 2.20. The van der Waals surface area contributed by atoms with E-state index < -0.39 is 11.7 Å². The summed E-state index contributed by atoms with van der Waals surface area (Å²) in [4.78, 5) is 27.9. The maximum Gasteiger partial charge on any atom is 0.321 e. The molecule has 2 aromatic carbocycles. The van der Waals surface area contributed by atoms with Crippen molar-refractivity contribution in [1.29, 1.82) is 0 Å². The fourth-order valence-corrected chi connectivity index (χ4v) is 3.27. The molecule has 2 aromatic rings. The Balaban J connectivity index is 1.65. The van der Waals surface area contributed by atoms with Gasteiger partial charge < -0.3 is 20.9 Å². The summed E-state index contributed by atoms with van der Waals surface area (Å²) >= 11 is 0. The zero-order chi connectivity index (χ0) is 19.4. The van der Waals surface area contributed by atoms with Crippen molar-refractivity contribution < 1.29 is 14.0 Å². The Hall–Kier alpha value is -3.09. The number of nitrogens with zero attached hydrogens (tertiary/aromatic N) is 2. The normalized spacial score (nSPS) is 14.6. The lowest BCUT2D eigenvalue weighted by molar-refractivity contribution is 0.0996. The number of rotatable bonds is 3. The second-order valence-electron chi connectivity index (χ2n) is 6.60. The number of carbonyl (C=O) groups is 2. The molecule has 1 aliphatic rings. The van der Waals surface area contributed by atoms with E-state index in [2.05, 4.69) is 29.3 Å². The van der Waals surface area contributed by atoms with Gasteiger partial charge in [0.15, 0.2) is 0 Å². The van der Waals surface area contributed by atoms with Crippen molar-refractivity contribution in [2.45, 2.75) is 13.3 Å². The van der Waals surface area contributed by atoms with Crippen LogP contribution in [0.2, 0.25) is 0 Å². The average molecular weight is 370 g/mol. The Morgan fingerprint density at radius 2 is 1.85 bits per heavy atom. The van der Waals surface area contributed by atoms with E-state index in [4.69, 9.17) is 5.73 Å². The topological polar surface area (TPSA) is 78.7 Å². The predicted octanol–water partition coefficient (Wildman–Crippen LogP) is 2.98. The van der Waals surface area contributed by atoms with Gasteiger partial charge in [0.1, 0.15) is 5.82 Å². The van der Waals surface area contributed by atoms with Crippen LogP contribution in [-0.4, -0.2) is 43.0 Å². The van der Waals surface area contributed by atoms with Crippen molar-refractivity contribution in [3.8, 4) is 0 Å². The summed E-state index contributed by atoms with van der Waals surface area (Å²) in [7, 11) is 0. The molecule has 0 unspecified atom stereocenters. The lowest BCUT2D eigenvalue weighted by Gasteiger charge is -2.25. The first-order valence-electron chi connectivity index (χ1n) is 8.91. The quantitative estimate of drug-likeness (QED) is 0.872. The number of urea groups is 1. The van der Waals surface area contributed by atoms with Gasteiger partial charge in [0, 0.05) is 37.6 Å². The molecule has 3 rings (SSSR count). The lowest BCUT2D eigenvalue weighted by atomic mass is 10.2. The van der Waals surface area contributed by atoms with Crippen LogP contribution in [0.4, 0.5) is 20.6 Å². The molecular formula is C20H23FN4O2. The van der Waals surface area contributed by atoms with E-state index in [1.54, 1.807) is 4.90 Å². The first-order chi connectivity index (χ1) is 13.0. The minimum Gasteiger partial charge on any atom is -0.369 e. The van der Waals surface area contributed by atoms with E-state index in [9.17, 15) is 14.0 Å². The van der Waals surface area contributed by atoms with Gasteiger partial charge in [-0.1, -0.05) is 18.2 Å². The van der Waals surface area contributed by atoms with Gasteiger partial charge in [-0.05, 0) is 43.2 Å². The number of hydrogen-bond acceptors (Lipinski definition) is 3. The summed E-state index contributed by atoms with van der Waals surface area (Å²) < 4.78 is 13.6. The number of primary amides is 1. The van der Waals surface area contributed by atoms with Crippen molar-refractivity contribution in [2.24, 2.45) is 5.73 Å². The van der Waals surface area contributed by atoms with Crippen LogP contribution in [0.3, 0.4) is 0 Å². The number of anilines is 2. The molecule has 3 amide bonds. The zero-order valence-electron chi connectivity index (χ0n) is 15.2. The van der Waals surface area contributed by atoms with Crippen LogP contribution >= 0.6 is 0 Å². The summed E-state index contributed by atoms with van der Waals surface area (Å²) in [6.07, 6.45) is 0.845. The minimum atomic E-state index is -0.868. The fraction of sp³-hybridized carbons (Fsp3) is 0.300. The van der Waals surface area contributed by atoms with Crippen molar-refractivity contribution in [3.63, 3.8) is 0 Å². The van der Waals surface area contributed by atoms with Crippen molar-refractivity contribution in [3.05, 3.63) is 59.4 Å². The van der Waals surface area contributed by atoms with Crippen LogP contribution in [0.25, 0.3) is 0 Å². The van der Waals surface area contributed by atoms with Gasteiger partial charge in [-0.2, -0.15) is 0 Å². The molecule has 1 saturated heterocycles. The van der Waals surface area contributed by atoms with Crippen LogP contribution in [0, 0.1) is 12.7 Å². The molecule has 0 radical (unpaired) electrons. The predicted molar refractivity (Wildman–Crippen MR) is 104 cm³/mol. The molecule has 0 atom stereocenters. The molecular weight excluding hydrogens is 347 g/mol. The number of amides is 3. The number of hydrogen-bond donors (Lipinski definition) is 2. The molecule has 1 fully saturated rings. The molecule has 7 heteroatoms. The van der Waals surface area contributed by atoms with Gasteiger partial charge >= 0.3 is 6.03 Å². The van der Waals surface area contributed by atoms with E-state index in [1.807, 2.05) is 12.1 Å². The second kappa shape index (κ2) is 8.07. The van der Waals surface area contributed by atoms with Gasteiger partial charge in [-0.15, -0.1) is 0 Å². The number of carbonyl (C=O) groups excluding carboxylic acids is 2. The first kappa shape index (κ1) is 18.7. The third-order valence-corrected chi connectivity index (χ3v) is 4.72. The smallest absolute Gasteiger partial charge is 0.321 e. The van der Waals surface area contributed by atoms with Crippen LogP contribution < -0.4 is 16.0 Å². The maximum atomic E-state index is 13.6. The summed E-state index contributed by atoms with van der Waals surface area (Å²) in [6, 6.07) is 11.7. The monoisotopic (exact) mass is 370 g/mol. The van der Waals surface area contributed by atoms with Crippen LogP contribution in [-0.2, 0) is 0 Å². The van der Waals surface area contributed by atoms with E-state index in [0.29, 0.717) is 18.8 Å². The van der Waals surface area contributed by atoms with Crippen molar-refractivity contribution in [2.75, 3.05) is 36.4 Å². The Morgan fingerprint density at radius 1 is 1.07 bits per heavy atom. The van der Waals surface area contributed by atoms with E-state index in [1.165, 1.54) is 23.4 Å². The van der Waals surface area contributed by atoms with Gasteiger partial charge in [0.05, 0.1) is 5.56 Å². The molecule has 142 valence electrons. The van der Waals surface area contributed by atoms with Gasteiger partial charge in [-0.25, -0.2) is 9.18 Å². The van der Waals surface area contributed by atoms with Crippen LogP contribution in [0.5, 0.6) is 0 Å². The Kier molecular flexibility index (Phi) is 5.59. The molecule has 0 spiro atoms. The molecule has 0 saturated carbocycles. The third-order valence-electron chi connectivity index (χ3n) is 4.72. The number of benzene rings is 2. The fourth-order valence-electron chi connectivity index (χ4n) is 3.27. The first-order valence-corrected chi connectivity index (χ1v) is 8.91. The molecule has 3 N–H and O–H groups in total. The highest BCUT2D eigenvalue weighted by molar-refractivity contribution is 5.96. The maximum absolute atomic E-state index is 13.6. The van der Waals surface area contributed by atoms with E-state index in [0.717, 1.165) is 25.6 Å². The zero-order valence-corrected chi connectivity index (χ0v) is 15.2. The molecule has 1 aliphatic heterocycles. The van der Waals surface area contributed by atoms with Crippen molar-refractivity contribution >= 4 is 23.3 Å². The van der Waals surface area contributed by atoms with Crippen LogP contribution in [0.15, 0.2) is 42.5 Å². The standard InChI is InChI=1S/C20H23FN4O2/c1-14-5-2-3-6-18(14)24-9-4-10-25(12-11-24)20(27)23-15-7-8-17(21)16(13-15)19(22)26/h2-3,5-8,13H,4,9-12H2,1H3,(H2,22,26)(H,23,27). The average Bonchev–Trinajstić information content (AvgIpc) is 2.89. The largest absolute Gasteiger partial charge is 0.369 e. The highest BCUT2D eigenvalue weighted by Crippen LogP contribution is 2.21. The summed E-state index contributed by atoms with van der Waals surface area (Å²) in [5.41, 5.74) is 7.65. The lowest BCUT2D eigenvalue weighted by Crippen LogP contribution is -2.38. The Labute approximate surface area is 157 Å². The number of aryl methyl sites for hydroxylation is 1.